The number of aryl methyl sites for hydroxylation is 2. The highest BCUT2D eigenvalue weighted by molar-refractivity contribution is 7.99. The molecule has 0 aliphatic heterocycles. The molecule has 0 unspecified atom stereocenters. The van der Waals surface area contributed by atoms with Crippen molar-refractivity contribution >= 4 is 51.6 Å². The summed E-state index contributed by atoms with van der Waals surface area (Å²) < 4.78 is 0. The largest absolute Gasteiger partial charge is 0.354 e. The molecule has 0 spiro atoms. The summed E-state index contributed by atoms with van der Waals surface area (Å²) >= 11 is 3.12. The lowest BCUT2D eigenvalue weighted by molar-refractivity contribution is -0.118. The maximum Gasteiger partial charge on any atom is 0.259 e. The van der Waals surface area contributed by atoms with Gasteiger partial charge < -0.3 is 15.6 Å². The van der Waals surface area contributed by atoms with Gasteiger partial charge in [-0.15, -0.1) is 35.5 Å². The van der Waals surface area contributed by atoms with Gasteiger partial charge in [0.15, 0.2) is 0 Å². The Kier molecular flexibility index (Phi) is 7.74. The Hall–Kier alpha value is -1.09. The van der Waals surface area contributed by atoms with Gasteiger partial charge in [0.25, 0.3) is 5.56 Å². The molecule has 0 fully saturated rings. The molecule has 138 valence electrons. The maximum atomic E-state index is 12.4. The highest BCUT2D eigenvalue weighted by Crippen LogP contribution is 2.33. The SMILES string of the molecule is CNCCNC(=O)CSCc1nc2sc3c(c2c(=O)[nH]1)CCCC3.Cl. The number of rotatable bonds is 7. The van der Waals surface area contributed by atoms with Crippen molar-refractivity contribution in [2.75, 3.05) is 25.9 Å². The standard InChI is InChI=1S/C16H22N4O2S2.ClH/c1-17-6-7-18-13(21)9-23-8-12-19-15(22)14-10-4-2-3-5-11(10)24-16(14)20-12;/h17H,2-9H2,1H3,(H,18,21)(H,19,20,22);1H. The fourth-order valence-electron chi connectivity index (χ4n) is 2.90. The van der Waals surface area contributed by atoms with Crippen molar-refractivity contribution < 1.29 is 4.79 Å². The molecular formula is C16H23ClN4O2S2. The molecule has 0 bridgehead atoms. The normalized spacial score (nSPS) is 13.3. The van der Waals surface area contributed by atoms with Gasteiger partial charge in [0.1, 0.15) is 10.7 Å². The van der Waals surface area contributed by atoms with Crippen LogP contribution in [0.3, 0.4) is 0 Å². The number of nitrogens with zero attached hydrogens (tertiary/aromatic N) is 1. The Morgan fingerprint density at radius 1 is 1.32 bits per heavy atom. The fourth-order valence-corrected chi connectivity index (χ4v) is 4.90. The Morgan fingerprint density at radius 3 is 2.92 bits per heavy atom. The first kappa shape index (κ1) is 20.2. The molecule has 6 nitrogen and oxygen atoms in total. The predicted molar refractivity (Wildman–Crippen MR) is 107 cm³/mol. The Morgan fingerprint density at radius 2 is 2.12 bits per heavy atom. The van der Waals surface area contributed by atoms with Crippen molar-refractivity contribution in [3.63, 3.8) is 0 Å². The smallest absolute Gasteiger partial charge is 0.259 e. The van der Waals surface area contributed by atoms with Crippen LogP contribution in [-0.2, 0) is 23.4 Å². The number of aromatic amines is 1. The molecule has 9 heteroatoms. The van der Waals surface area contributed by atoms with Gasteiger partial charge in [-0.3, -0.25) is 9.59 Å². The first-order valence-corrected chi connectivity index (χ1v) is 10.2. The first-order valence-electron chi connectivity index (χ1n) is 8.21. The summed E-state index contributed by atoms with van der Waals surface area (Å²) in [6.07, 6.45) is 4.40. The van der Waals surface area contributed by atoms with E-state index in [2.05, 4.69) is 20.6 Å². The molecule has 3 rings (SSSR count). The number of amides is 1. The van der Waals surface area contributed by atoms with Crippen LogP contribution in [0.25, 0.3) is 10.2 Å². The van der Waals surface area contributed by atoms with E-state index >= 15 is 0 Å². The lowest BCUT2D eigenvalue weighted by Crippen LogP contribution is -2.31. The molecule has 1 aliphatic carbocycles. The van der Waals surface area contributed by atoms with Crippen molar-refractivity contribution in [2.45, 2.75) is 31.4 Å². The molecule has 2 aromatic heterocycles. The van der Waals surface area contributed by atoms with Crippen molar-refractivity contribution in [2.24, 2.45) is 0 Å². The van der Waals surface area contributed by atoms with E-state index in [0.29, 0.717) is 23.9 Å². The number of carbonyl (C=O) groups is 1. The van der Waals surface area contributed by atoms with E-state index in [1.165, 1.54) is 28.6 Å². The van der Waals surface area contributed by atoms with E-state index in [1.807, 2.05) is 7.05 Å². The van der Waals surface area contributed by atoms with E-state index in [-0.39, 0.29) is 23.9 Å². The molecule has 0 saturated heterocycles. The number of thiophene rings is 1. The van der Waals surface area contributed by atoms with Crippen molar-refractivity contribution in [3.8, 4) is 0 Å². The van der Waals surface area contributed by atoms with Crippen LogP contribution in [0.5, 0.6) is 0 Å². The third kappa shape index (κ3) is 4.97. The summed E-state index contributed by atoms with van der Waals surface area (Å²) in [6, 6.07) is 0. The van der Waals surface area contributed by atoms with Gasteiger partial charge in [0.05, 0.1) is 16.9 Å². The van der Waals surface area contributed by atoms with Crippen LogP contribution in [0.15, 0.2) is 4.79 Å². The molecule has 0 saturated carbocycles. The number of nitrogens with one attached hydrogen (secondary N) is 3. The monoisotopic (exact) mass is 402 g/mol. The number of thioether (sulfide) groups is 1. The molecule has 2 heterocycles. The van der Waals surface area contributed by atoms with Gasteiger partial charge in [-0.1, -0.05) is 0 Å². The summed E-state index contributed by atoms with van der Waals surface area (Å²) in [5.41, 5.74) is 1.17. The molecule has 1 amide bonds. The quantitative estimate of drug-likeness (QED) is 0.615. The maximum absolute atomic E-state index is 12.4. The lowest BCUT2D eigenvalue weighted by atomic mass is 9.97. The van der Waals surface area contributed by atoms with Crippen LogP contribution >= 0.6 is 35.5 Å². The summed E-state index contributed by atoms with van der Waals surface area (Å²) in [7, 11) is 1.85. The van der Waals surface area contributed by atoms with Crippen molar-refractivity contribution in [3.05, 3.63) is 26.6 Å². The molecule has 3 N–H and O–H groups in total. The summed E-state index contributed by atoms with van der Waals surface area (Å²) in [4.78, 5) is 33.8. The number of hydrogen-bond acceptors (Lipinski definition) is 6. The Labute approximate surface area is 161 Å². The number of carbonyl (C=O) groups excluding carboxylic acids is 1. The van der Waals surface area contributed by atoms with Gasteiger partial charge in [0.2, 0.25) is 5.91 Å². The van der Waals surface area contributed by atoms with Gasteiger partial charge in [-0.25, -0.2) is 4.98 Å². The fraction of sp³-hybridized carbons (Fsp3) is 0.562. The number of likely N-dealkylation sites (N-methyl/N-ethyl adjacent to an activating group) is 1. The lowest BCUT2D eigenvalue weighted by Gasteiger charge is -2.09. The molecule has 2 aromatic rings. The van der Waals surface area contributed by atoms with Crippen molar-refractivity contribution in [1.82, 2.24) is 20.6 Å². The zero-order chi connectivity index (χ0) is 16.9. The second-order valence-corrected chi connectivity index (χ2v) is 7.92. The van der Waals surface area contributed by atoms with Crippen LogP contribution in [0, 0.1) is 0 Å². The van der Waals surface area contributed by atoms with E-state index < -0.39 is 0 Å². The minimum absolute atomic E-state index is 0. The van der Waals surface area contributed by atoms with E-state index in [9.17, 15) is 9.59 Å². The van der Waals surface area contributed by atoms with E-state index in [4.69, 9.17) is 0 Å². The van der Waals surface area contributed by atoms with Crippen LogP contribution < -0.4 is 16.2 Å². The van der Waals surface area contributed by atoms with Gasteiger partial charge in [-0.05, 0) is 38.3 Å². The molecule has 0 radical (unpaired) electrons. The average molecular weight is 403 g/mol. The summed E-state index contributed by atoms with van der Waals surface area (Å²) in [6.45, 7) is 1.38. The average Bonchev–Trinajstić information content (AvgIpc) is 2.94. The zero-order valence-electron chi connectivity index (χ0n) is 14.1. The number of H-pyrrole nitrogens is 1. The highest BCUT2D eigenvalue weighted by atomic mass is 35.5. The van der Waals surface area contributed by atoms with Gasteiger partial charge >= 0.3 is 0 Å². The Balaban J connectivity index is 0.00000225. The van der Waals surface area contributed by atoms with E-state index in [0.717, 1.165) is 36.0 Å². The first-order chi connectivity index (χ1) is 11.7. The number of aromatic nitrogens is 2. The van der Waals surface area contributed by atoms with Gasteiger partial charge in [0, 0.05) is 18.0 Å². The minimum atomic E-state index is -0.0338. The number of halogens is 1. The third-order valence-corrected chi connectivity index (χ3v) is 6.17. The Bertz CT molecular complexity index is 790. The van der Waals surface area contributed by atoms with Crippen LogP contribution in [-0.4, -0.2) is 41.8 Å². The second-order valence-electron chi connectivity index (χ2n) is 5.85. The van der Waals surface area contributed by atoms with Crippen LogP contribution in [0.4, 0.5) is 0 Å². The van der Waals surface area contributed by atoms with Crippen LogP contribution in [0.1, 0.15) is 29.1 Å². The summed E-state index contributed by atoms with van der Waals surface area (Å²) in [5.74, 6) is 1.56. The minimum Gasteiger partial charge on any atom is -0.354 e. The highest BCUT2D eigenvalue weighted by Gasteiger charge is 2.19. The predicted octanol–water partition coefficient (Wildman–Crippen LogP) is 1.85. The number of hydrogen-bond donors (Lipinski definition) is 3. The third-order valence-electron chi connectivity index (χ3n) is 4.04. The van der Waals surface area contributed by atoms with Crippen molar-refractivity contribution in [1.29, 1.82) is 0 Å². The van der Waals surface area contributed by atoms with Crippen LogP contribution in [0.2, 0.25) is 0 Å². The zero-order valence-corrected chi connectivity index (χ0v) is 16.6. The number of fused-ring (bicyclic) bond motifs is 3. The summed E-state index contributed by atoms with van der Waals surface area (Å²) in [5, 5.41) is 6.60. The second kappa shape index (κ2) is 9.56. The molecule has 1 aliphatic rings. The molecular weight excluding hydrogens is 380 g/mol. The topological polar surface area (TPSA) is 86.9 Å². The molecule has 25 heavy (non-hydrogen) atoms. The van der Waals surface area contributed by atoms with E-state index in [1.54, 1.807) is 11.3 Å². The molecule has 0 aromatic carbocycles. The van der Waals surface area contributed by atoms with Gasteiger partial charge in [-0.2, -0.15) is 0 Å². The molecule has 0 atom stereocenters.